The lowest BCUT2D eigenvalue weighted by molar-refractivity contribution is 0.0977. The Morgan fingerprint density at radius 1 is 1.19 bits per heavy atom. The summed E-state index contributed by atoms with van der Waals surface area (Å²) in [6.45, 7) is 4.64. The van der Waals surface area contributed by atoms with Crippen molar-refractivity contribution >= 4 is 60.8 Å². The third-order valence-corrected chi connectivity index (χ3v) is 5.77. The molecule has 6 N–H and O–H groups in total. The van der Waals surface area contributed by atoms with Crippen molar-refractivity contribution in [2.24, 2.45) is 21.8 Å². The fourth-order valence-electron chi connectivity index (χ4n) is 2.25. The van der Waals surface area contributed by atoms with Gasteiger partial charge in [0.1, 0.15) is 5.75 Å². The number of anilines is 1. The lowest BCUT2D eigenvalue weighted by atomic mass is 10.2. The van der Waals surface area contributed by atoms with Gasteiger partial charge in [-0.05, 0) is 76.5 Å². The summed E-state index contributed by atoms with van der Waals surface area (Å²) in [6.07, 6.45) is 0. The van der Waals surface area contributed by atoms with E-state index in [2.05, 4.69) is 31.0 Å². The van der Waals surface area contributed by atoms with Gasteiger partial charge >= 0.3 is 0 Å². The molecule has 0 radical (unpaired) electrons. The van der Waals surface area contributed by atoms with Gasteiger partial charge in [0.25, 0.3) is 15.9 Å². The summed E-state index contributed by atoms with van der Waals surface area (Å²) in [5.41, 5.74) is 11.1. The van der Waals surface area contributed by atoms with Crippen molar-refractivity contribution in [1.29, 1.82) is 0 Å². The molecule has 0 unspecified atom stereocenters. The summed E-state index contributed by atoms with van der Waals surface area (Å²) in [7, 11) is -3.98. The fourth-order valence-corrected chi connectivity index (χ4v) is 3.82. The molecular formula is C19H22BrN5O4S2. The van der Waals surface area contributed by atoms with Gasteiger partial charge < -0.3 is 21.5 Å². The average Bonchev–Trinajstić information content (AvgIpc) is 2.66. The van der Waals surface area contributed by atoms with Gasteiger partial charge in [0, 0.05) is 11.3 Å². The summed E-state index contributed by atoms with van der Waals surface area (Å²) in [5, 5.41) is 5.41. The normalized spacial score (nSPS) is 11.0. The number of nitrogens with one attached hydrogen (secondary N) is 2. The first kappa shape index (κ1) is 24.6. The standard InChI is InChI=1S/C19H22BrN5O4S2/c1-11(2)10-29-16-8-3-12(9-15(16)20)17(26)24-19(30)23-13-4-6-14(7-5-13)31(27,28)25-18(21)22/h3-9,11H,10H2,1-2H3,(H4,21,22,25)(H2,23,24,26,30). The zero-order valence-electron chi connectivity index (χ0n) is 16.8. The highest BCUT2D eigenvalue weighted by Gasteiger charge is 2.14. The molecule has 166 valence electrons. The molecule has 0 heterocycles. The quantitative estimate of drug-likeness (QED) is 0.243. The van der Waals surface area contributed by atoms with Crippen LogP contribution in [0, 0.1) is 5.92 Å². The summed E-state index contributed by atoms with van der Waals surface area (Å²) < 4.78 is 33.4. The molecule has 2 rings (SSSR count). The highest BCUT2D eigenvalue weighted by molar-refractivity contribution is 9.10. The minimum absolute atomic E-state index is 0.0427. The Balaban J connectivity index is 2.00. The maximum atomic E-state index is 12.4. The Morgan fingerprint density at radius 2 is 1.84 bits per heavy atom. The molecule has 2 aromatic carbocycles. The number of halogens is 1. The Bertz CT molecular complexity index is 1100. The summed E-state index contributed by atoms with van der Waals surface area (Å²) >= 11 is 8.55. The monoisotopic (exact) mass is 527 g/mol. The molecule has 0 fully saturated rings. The lowest BCUT2D eigenvalue weighted by Crippen LogP contribution is -2.34. The number of benzene rings is 2. The molecule has 9 nitrogen and oxygen atoms in total. The highest BCUT2D eigenvalue weighted by atomic mass is 79.9. The second kappa shape index (κ2) is 10.6. The molecule has 1 amide bonds. The predicted molar refractivity (Wildman–Crippen MR) is 128 cm³/mol. The molecule has 0 spiro atoms. The first-order valence-corrected chi connectivity index (χ1v) is 11.6. The predicted octanol–water partition coefficient (Wildman–Crippen LogP) is 2.57. The highest BCUT2D eigenvalue weighted by Crippen LogP contribution is 2.26. The first-order valence-electron chi connectivity index (χ1n) is 8.98. The maximum absolute atomic E-state index is 12.4. The molecule has 0 aliphatic carbocycles. The number of ether oxygens (including phenoxy) is 1. The van der Waals surface area contributed by atoms with Gasteiger partial charge in [-0.15, -0.1) is 4.40 Å². The van der Waals surface area contributed by atoms with Gasteiger partial charge in [-0.3, -0.25) is 10.1 Å². The number of thiocarbonyl (C=S) groups is 1. The van der Waals surface area contributed by atoms with Crippen molar-refractivity contribution in [3.05, 3.63) is 52.5 Å². The molecule has 0 atom stereocenters. The summed E-state index contributed by atoms with van der Waals surface area (Å²) in [5.74, 6) is 0.0403. The van der Waals surface area contributed by atoms with Crippen LogP contribution in [0.25, 0.3) is 0 Å². The molecule has 0 aromatic heterocycles. The number of rotatable bonds is 7. The number of nitrogens with two attached hydrogens (primary N) is 2. The van der Waals surface area contributed by atoms with E-state index in [0.29, 0.717) is 34.0 Å². The van der Waals surface area contributed by atoms with Crippen molar-refractivity contribution in [2.45, 2.75) is 18.7 Å². The lowest BCUT2D eigenvalue weighted by Gasteiger charge is -2.12. The van der Waals surface area contributed by atoms with Gasteiger partial charge in [0.15, 0.2) is 5.11 Å². The van der Waals surface area contributed by atoms with E-state index in [0.717, 1.165) is 0 Å². The van der Waals surface area contributed by atoms with E-state index in [1.54, 1.807) is 18.2 Å². The van der Waals surface area contributed by atoms with Crippen LogP contribution >= 0.6 is 28.1 Å². The van der Waals surface area contributed by atoms with Gasteiger partial charge in [0.2, 0.25) is 5.96 Å². The van der Waals surface area contributed by atoms with E-state index in [4.69, 9.17) is 28.4 Å². The Hall–Kier alpha value is -2.70. The van der Waals surface area contributed by atoms with E-state index in [1.165, 1.54) is 24.3 Å². The second-order valence-electron chi connectivity index (χ2n) is 6.77. The van der Waals surface area contributed by atoms with Crippen molar-refractivity contribution in [3.8, 4) is 5.75 Å². The van der Waals surface area contributed by atoms with Crippen LogP contribution in [0.5, 0.6) is 5.75 Å². The number of hydrogen-bond donors (Lipinski definition) is 4. The third kappa shape index (κ3) is 7.49. The van der Waals surface area contributed by atoms with Crippen molar-refractivity contribution in [3.63, 3.8) is 0 Å². The van der Waals surface area contributed by atoms with Crippen molar-refractivity contribution in [1.82, 2.24) is 5.32 Å². The number of carbonyl (C=O) groups is 1. The number of hydrogen-bond acceptors (Lipinski definition) is 5. The second-order valence-corrected chi connectivity index (χ2v) is 9.64. The number of carbonyl (C=O) groups excluding carboxylic acids is 1. The molecule has 31 heavy (non-hydrogen) atoms. The average molecular weight is 528 g/mol. The molecule has 0 saturated heterocycles. The fraction of sp³-hybridized carbons (Fsp3) is 0.211. The van der Waals surface area contributed by atoms with Crippen molar-refractivity contribution in [2.75, 3.05) is 11.9 Å². The number of sulfonamides is 1. The maximum Gasteiger partial charge on any atom is 0.285 e. The van der Waals surface area contributed by atoms with Crippen LogP contribution < -0.4 is 26.8 Å². The minimum atomic E-state index is -3.98. The number of nitrogens with zero attached hydrogens (tertiary/aromatic N) is 1. The number of amides is 1. The van der Waals surface area contributed by atoms with E-state index in [-0.39, 0.29) is 10.0 Å². The molecule has 0 bridgehead atoms. The van der Waals surface area contributed by atoms with Crippen molar-refractivity contribution < 1.29 is 17.9 Å². The Kier molecular flexibility index (Phi) is 8.36. The largest absolute Gasteiger partial charge is 0.492 e. The summed E-state index contributed by atoms with van der Waals surface area (Å²) in [4.78, 5) is 12.4. The zero-order valence-corrected chi connectivity index (χ0v) is 20.0. The van der Waals surface area contributed by atoms with Crippen LogP contribution in [0.4, 0.5) is 5.69 Å². The van der Waals surface area contributed by atoms with Crippen LogP contribution in [0.15, 0.2) is 56.2 Å². The number of guanidine groups is 1. The minimum Gasteiger partial charge on any atom is -0.492 e. The molecule has 0 aliphatic rings. The Labute approximate surface area is 194 Å². The van der Waals surface area contributed by atoms with Gasteiger partial charge in [-0.25, -0.2) is 0 Å². The zero-order chi connectivity index (χ0) is 23.2. The van der Waals surface area contributed by atoms with Crippen LogP contribution in [-0.2, 0) is 10.0 Å². The molecule has 0 aliphatic heterocycles. The molecule has 0 saturated carbocycles. The molecule has 12 heteroatoms. The van der Waals surface area contributed by atoms with E-state index >= 15 is 0 Å². The third-order valence-electron chi connectivity index (χ3n) is 3.63. The van der Waals surface area contributed by atoms with E-state index in [9.17, 15) is 13.2 Å². The smallest absolute Gasteiger partial charge is 0.285 e. The van der Waals surface area contributed by atoms with Gasteiger partial charge in [-0.1, -0.05) is 13.8 Å². The van der Waals surface area contributed by atoms with Crippen LogP contribution in [0.2, 0.25) is 0 Å². The van der Waals surface area contributed by atoms with E-state index in [1.807, 2.05) is 13.8 Å². The van der Waals surface area contributed by atoms with Crippen LogP contribution in [0.1, 0.15) is 24.2 Å². The molecular weight excluding hydrogens is 506 g/mol. The SMILES string of the molecule is CC(C)COc1ccc(C(=O)NC(=S)Nc2ccc(S(=O)(=O)N=C(N)N)cc2)cc1Br. The molecule has 2 aromatic rings. The van der Waals surface area contributed by atoms with Crippen LogP contribution in [0.3, 0.4) is 0 Å². The Morgan fingerprint density at radius 3 is 2.39 bits per heavy atom. The topological polar surface area (TPSA) is 149 Å². The van der Waals surface area contributed by atoms with E-state index < -0.39 is 21.9 Å². The first-order chi connectivity index (χ1) is 14.5. The van der Waals surface area contributed by atoms with Gasteiger partial charge in [-0.2, -0.15) is 8.42 Å². The van der Waals surface area contributed by atoms with Crippen LogP contribution in [-0.4, -0.2) is 32.0 Å². The summed E-state index contributed by atoms with van der Waals surface area (Å²) in [6, 6.07) is 10.5. The van der Waals surface area contributed by atoms with Gasteiger partial charge in [0.05, 0.1) is 16.0 Å².